The number of hydrogen-bond donors (Lipinski definition) is 1. The van der Waals surface area contributed by atoms with Crippen molar-refractivity contribution in [2.45, 2.75) is 19.8 Å². The maximum absolute atomic E-state index is 5.71. The van der Waals surface area contributed by atoms with Crippen LogP contribution in [0.3, 0.4) is 0 Å². The molecule has 0 radical (unpaired) electrons. The molecule has 106 valence electrons. The van der Waals surface area contributed by atoms with Crippen LogP contribution in [0.5, 0.6) is 0 Å². The summed E-state index contributed by atoms with van der Waals surface area (Å²) in [7, 11) is 0. The second-order valence-electron chi connectivity index (χ2n) is 5.32. The molecule has 3 aromatic rings. The van der Waals surface area contributed by atoms with Gasteiger partial charge in [-0.3, -0.25) is 0 Å². The van der Waals surface area contributed by atoms with Gasteiger partial charge in [-0.1, -0.05) is 42.0 Å². The van der Waals surface area contributed by atoms with Crippen molar-refractivity contribution in [2.75, 3.05) is 5.73 Å². The molecule has 0 aliphatic carbocycles. The maximum Gasteiger partial charge on any atom is 0.0972 e. The van der Waals surface area contributed by atoms with Crippen LogP contribution >= 0.6 is 11.3 Å². The van der Waals surface area contributed by atoms with Gasteiger partial charge in [-0.25, -0.2) is 4.98 Å². The van der Waals surface area contributed by atoms with E-state index in [0.29, 0.717) is 0 Å². The quantitative estimate of drug-likeness (QED) is 0.732. The first-order chi connectivity index (χ1) is 10.2. The largest absolute Gasteiger partial charge is 0.399 e. The molecule has 0 amide bonds. The lowest BCUT2D eigenvalue weighted by atomic mass is 10.1. The molecule has 0 saturated heterocycles. The number of nitrogens with two attached hydrogens (primary N) is 1. The van der Waals surface area contributed by atoms with Gasteiger partial charge in [0.2, 0.25) is 0 Å². The van der Waals surface area contributed by atoms with Crippen LogP contribution in [0.2, 0.25) is 0 Å². The minimum Gasteiger partial charge on any atom is -0.399 e. The summed E-state index contributed by atoms with van der Waals surface area (Å²) in [5, 5.41) is 3.32. The standard InChI is InChI=1S/C18H18N2S/c1-13-3-2-4-15(9-13)10-17-12-21-18(20-17)11-14-5-7-16(19)8-6-14/h2-9,12H,10-11,19H2,1H3. The van der Waals surface area contributed by atoms with Crippen LogP contribution in [-0.4, -0.2) is 4.98 Å². The Balaban J connectivity index is 1.70. The third kappa shape index (κ3) is 3.70. The fourth-order valence-electron chi connectivity index (χ4n) is 2.35. The van der Waals surface area contributed by atoms with Crippen molar-refractivity contribution >= 4 is 17.0 Å². The summed E-state index contributed by atoms with van der Waals surface area (Å²) in [4.78, 5) is 4.74. The zero-order valence-electron chi connectivity index (χ0n) is 12.0. The first-order valence-electron chi connectivity index (χ1n) is 7.02. The molecule has 0 fully saturated rings. The zero-order chi connectivity index (χ0) is 14.7. The lowest BCUT2D eigenvalue weighted by molar-refractivity contribution is 1.04. The highest BCUT2D eigenvalue weighted by atomic mass is 32.1. The fourth-order valence-corrected chi connectivity index (χ4v) is 3.18. The highest BCUT2D eigenvalue weighted by molar-refractivity contribution is 7.09. The molecule has 0 bridgehead atoms. The topological polar surface area (TPSA) is 38.9 Å². The maximum atomic E-state index is 5.71. The van der Waals surface area contributed by atoms with Gasteiger partial charge in [0, 0.05) is 23.9 Å². The van der Waals surface area contributed by atoms with Crippen LogP contribution in [0.4, 0.5) is 5.69 Å². The Bertz CT molecular complexity index is 729. The summed E-state index contributed by atoms with van der Waals surface area (Å²) in [6.07, 6.45) is 1.78. The Morgan fingerprint density at radius 1 is 1.00 bits per heavy atom. The first-order valence-corrected chi connectivity index (χ1v) is 7.90. The van der Waals surface area contributed by atoms with Gasteiger partial charge in [0.1, 0.15) is 0 Å². The Morgan fingerprint density at radius 2 is 1.81 bits per heavy atom. The molecule has 0 atom stereocenters. The number of anilines is 1. The number of nitrogen functional groups attached to an aromatic ring is 1. The van der Waals surface area contributed by atoms with Crippen LogP contribution in [0.25, 0.3) is 0 Å². The molecule has 2 N–H and O–H groups in total. The van der Waals surface area contributed by atoms with Crippen molar-refractivity contribution in [3.05, 3.63) is 81.3 Å². The average molecular weight is 294 g/mol. The van der Waals surface area contributed by atoms with Gasteiger partial charge in [-0.2, -0.15) is 0 Å². The van der Waals surface area contributed by atoms with Gasteiger partial charge in [0.15, 0.2) is 0 Å². The Labute approximate surface area is 129 Å². The summed E-state index contributed by atoms with van der Waals surface area (Å²) in [6, 6.07) is 16.6. The van der Waals surface area contributed by atoms with Gasteiger partial charge in [-0.15, -0.1) is 11.3 Å². The molecule has 1 heterocycles. The molecule has 3 rings (SSSR count). The number of benzene rings is 2. The van der Waals surface area contributed by atoms with E-state index in [1.807, 2.05) is 12.1 Å². The normalized spacial score (nSPS) is 10.7. The molecular formula is C18H18N2S. The van der Waals surface area contributed by atoms with Crippen LogP contribution in [0.1, 0.15) is 27.4 Å². The van der Waals surface area contributed by atoms with Crippen LogP contribution in [0, 0.1) is 6.92 Å². The monoisotopic (exact) mass is 294 g/mol. The van der Waals surface area contributed by atoms with E-state index < -0.39 is 0 Å². The van der Waals surface area contributed by atoms with Gasteiger partial charge in [0.05, 0.1) is 10.7 Å². The zero-order valence-corrected chi connectivity index (χ0v) is 12.9. The van der Waals surface area contributed by atoms with Crippen molar-refractivity contribution in [1.82, 2.24) is 4.98 Å². The van der Waals surface area contributed by atoms with Crippen molar-refractivity contribution in [1.29, 1.82) is 0 Å². The van der Waals surface area contributed by atoms with Gasteiger partial charge in [-0.05, 0) is 30.2 Å². The summed E-state index contributed by atoms with van der Waals surface area (Å²) < 4.78 is 0. The molecule has 2 nitrogen and oxygen atoms in total. The van der Waals surface area contributed by atoms with Gasteiger partial charge >= 0.3 is 0 Å². The Morgan fingerprint density at radius 3 is 2.57 bits per heavy atom. The van der Waals surface area contributed by atoms with Crippen LogP contribution < -0.4 is 5.73 Å². The molecule has 2 aromatic carbocycles. The van der Waals surface area contributed by atoms with Crippen molar-refractivity contribution in [2.24, 2.45) is 0 Å². The number of aromatic nitrogens is 1. The minimum absolute atomic E-state index is 0.804. The van der Waals surface area contributed by atoms with E-state index >= 15 is 0 Å². The van der Waals surface area contributed by atoms with Crippen molar-refractivity contribution < 1.29 is 0 Å². The SMILES string of the molecule is Cc1cccc(Cc2csc(Cc3ccc(N)cc3)n2)c1. The molecule has 0 aliphatic rings. The van der Waals surface area contributed by atoms with Crippen molar-refractivity contribution in [3.63, 3.8) is 0 Å². The molecule has 3 heteroatoms. The lowest BCUT2D eigenvalue weighted by Gasteiger charge is -2.00. The number of nitrogens with zero attached hydrogens (tertiary/aromatic N) is 1. The molecule has 0 saturated carbocycles. The molecule has 0 aliphatic heterocycles. The third-order valence-electron chi connectivity index (χ3n) is 3.40. The number of hydrogen-bond acceptors (Lipinski definition) is 3. The molecule has 0 unspecified atom stereocenters. The van der Waals surface area contributed by atoms with E-state index in [-0.39, 0.29) is 0 Å². The van der Waals surface area contributed by atoms with Gasteiger partial charge < -0.3 is 5.73 Å². The third-order valence-corrected chi connectivity index (χ3v) is 4.30. The summed E-state index contributed by atoms with van der Waals surface area (Å²) >= 11 is 1.73. The molecule has 1 aromatic heterocycles. The Hall–Kier alpha value is -2.13. The average Bonchev–Trinajstić information content (AvgIpc) is 2.89. The second-order valence-corrected chi connectivity index (χ2v) is 6.26. The van der Waals surface area contributed by atoms with E-state index in [4.69, 9.17) is 10.7 Å². The molecule has 21 heavy (non-hydrogen) atoms. The van der Waals surface area contributed by atoms with Crippen LogP contribution in [-0.2, 0) is 12.8 Å². The van der Waals surface area contributed by atoms with Crippen molar-refractivity contribution in [3.8, 4) is 0 Å². The number of aryl methyl sites for hydroxylation is 1. The lowest BCUT2D eigenvalue weighted by Crippen LogP contribution is -1.92. The fraction of sp³-hybridized carbons (Fsp3) is 0.167. The molecular weight excluding hydrogens is 276 g/mol. The van der Waals surface area contributed by atoms with E-state index in [0.717, 1.165) is 29.2 Å². The molecule has 0 spiro atoms. The highest BCUT2D eigenvalue weighted by Crippen LogP contribution is 2.18. The summed E-state index contributed by atoms with van der Waals surface area (Å²) in [5.41, 5.74) is 11.5. The predicted molar refractivity (Wildman–Crippen MR) is 89.8 cm³/mol. The van der Waals surface area contributed by atoms with Gasteiger partial charge in [0.25, 0.3) is 0 Å². The summed E-state index contributed by atoms with van der Waals surface area (Å²) in [6.45, 7) is 2.12. The second kappa shape index (κ2) is 6.10. The van der Waals surface area contributed by atoms with E-state index in [2.05, 4.69) is 48.7 Å². The number of thiazole rings is 1. The minimum atomic E-state index is 0.804. The number of rotatable bonds is 4. The highest BCUT2D eigenvalue weighted by Gasteiger charge is 2.05. The van der Waals surface area contributed by atoms with E-state index in [1.165, 1.54) is 16.7 Å². The Kier molecular flexibility index (Phi) is 4.02. The summed E-state index contributed by atoms with van der Waals surface area (Å²) in [5.74, 6) is 0. The first kappa shape index (κ1) is 13.8. The van der Waals surface area contributed by atoms with Crippen LogP contribution in [0.15, 0.2) is 53.9 Å². The van der Waals surface area contributed by atoms with E-state index in [1.54, 1.807) is 11.3 Å². The van der Waals surface area contributed by atoms with E-state index in [9.17, 15) is 0 Å². The predicted octanol–water partition coefficient (Wildman–Crippen LogP) is 4.22. The smallest absolute Gasteiger partial charge is 0.0972 e.